The number of aryl methyl sites for hydroxylation is 1. The molecule has 0 saturated carbocycles. The Balaban J connectivity index is 1.73. The van der Waals surface area contributed by atoms with E-state index in [1.807, 2.05) is 18.9 Å². The molecule has 0 unspecified atom stereocenters. The van der Waals surface area contributed by atoms with E-state index in [4.69, 9.17) is 4.42 Å². The first-order valence-electron chi connectivity index (χ1n) is 8.22. The first-order chi connectivity index (χ1) is 11.1. The fourth-order valence-electron chi connectivity index (χ4n) is 3.31. The number of rotatable bonds is 4. The number of piperidine rings is 1. The topological polar surface area (TPSA) is 45.5 Å². The molecule has 23 heavy (non-hydrogen) atoms. The highest BCUT2D eigenvalue weighted by Gasteiger charge is 2.27. The van der Waals surface area contributed by atoms with Crippen LogP contribution in [0.4, 0.5) is 4.39 Å². The summed E-state index contributed by atoms with van der Waals surface area (Å²) in [6.07, 6.45) is 3.21. The highest BCUT2D eigenvalue weighted by atomic mass is 19.1. The number of halogens is 1. The van der Waals surface area contributed by atoms with Crippen LogP contribution in [0.5, 0.6) is 0 Å². The largest absolute Gasteiger partial charge is 0.451 e. The average molecular weight is 318 g/mol. The molecule has 1 fully saturated rings. The summed E-state index contributed by atoms with van der Waals surface area (Å²) in [6.45, 7) is 4.36. The Kier molecular flexibility index (Phi) is 4.66. The third kappa shape index (κ3) is 3.24. The summed E-state index contributed by atoms with van der Waals surface area (Å²) in [7, 11) is 1.96. The second-order valence-electron chi connectivity index (χ2n) is 6.32. The van der Waals surface area contributed by atoms with Crippen LogP contribution in [0.2, 0.25) is 0 Å². The molecule has 2 heterocycles. The number of fused-ring (bicyclic) bond motifs is 1. The van der Waals surface area contributed by atoms with Crippen LogP contribution >= 0.6 is 0 Å². The van der Waals surface area contributed by atoms with Crippen LogP contribution in [0, 0.1) is 18.7 Å². The third-order valence-electron chi connectivity index (χ3n) is 4.80. The summed E-state index contributed by atoms with van der Waals surface area (Å²) < 4.78 is 19.1. The fraction of sp³-hybridized carbons (Fsp3) is 0.500. The third-order valence-corrected chi connectivity index (χ3v) is 4.80. The van der Waals surface area contributed by atoms with E-state index in [1.165, 1.54) is 12.1 Å². The van der Waals surface area contributed by atoms with Gasteiger partial charge in [-0.25, -0.2) is 4.39 Å². The molecule has 2 aromatic rings. The molecule has 0 spiro atoms. The van der Waals surface area contributed by atoms with Crippen LogP contribution in [-0.4, -0.2) is 37.5 Å². The Morgan fingerprint density at radius 3 is 2.83 bits per heavy atom. The Morgan fingerprint density at radius 2 is 2.13 bits per heavy atom. The smallest absolute Gasteiger partial charge is 0.289 e. The van der Waals surface area contributed by atoms with Crippen molar-refractivity contribution in [3.05, 3.63) is 35.3 Å². The fourth-order valence-corrected chi connectivity index (χ4v) is 3.31. The van der Waals surface area contributed by atoms with E-state index in [-0.39, 0.29) is 11.7 Å². The van der Waals surface area contributed by atoms with Gasteiger partial charge in [0.2, 0.25) is 0 Å². The van der Waals surface area contributed by atoms with Crippen molar-refractivity contribution in [3.63, 3.8) is 0 Å². The number of amides is 1. The Bertz CT molecular complexity index is 702. The minimum absolute atomic E-state index is 0.0776. The van der Waals surface area contributed by atoms with Crippen LogP contribution in [0.3, 0.4) is 0 Å². The normalized spacial score (nSPS) is 16.2. The highest BCUT2D eigenvalue weighted by Crippen LogP contribution is 2.28. The van der Waals surface area contributed by atoms with Crippen LogP contribution in [0.1, 0.15) is 35.4 Å². The van der Waals surface area contributed by atoms with Gasteiger partial charge in [-0.05, 0) is 63.9 Å². The zero-order valence-electron chi connectivity index (χ0n) is 13.7. The lowest BCUT2D eigenvalue weighted by molar-refractivity contribution is 0.0656. The summed E-state index contributed by atoms with van der Waals surface area (Å²) in [6, 6.07) is 4.36. The lowest BCUT2D eigenvalue weighted by Crippen LogP contribution is -2.39. The molecule has 1 aliphatic heterocycles. The molecule has 124 valence electrons. The van der Waals surface area contributed by atoms with Gasteiger partial charge in [0.05, 0.1) is 0 Å². The molecule has 0 aliphatic carbocycles. The standard InChI is InChI=1S/C18H23FN2O2/c1-12-15-11-14(19)3-4-16(15)23-17(12)18(22)21-9-6-13(7-10-21)5-8-20-2/h3-4,11,13,20H,5-10H2,1-2H3. The number of hydrogen-bond donors (Lipinski definition) is 1. The molecule has 1 N–H and O–H groups in total. The molecule has 0 atom stereocenters. The van der Waals surface area contributed by atoms with Gasteiger partial charge in [0.1, 0.15) is 11.4 Å². The van der Waals surface area contributed by atoms with Crippen molar-refractivity contribution in [2.24, 2.45) is 5.92 Å². The lowest BCUT2D eigenvalue weighted by atomic mass is 9.93. The molecule has 1 amide bonds. The highest BCUT2D eigenvalue weighted by molar-refractivity contribution is 5.99. The molecule has 1 aromatic heterocycles. The summed E-state index contributed by atoms with van der Waals surface area (Å²) in [4.78, 5) is 14.6. The quantitative estimate of drug-likeness (QED) is 0.940. The van der Waals surface area contributed by atoms with Gasteiger partial charge >= 0.3 is 0 Å². The van der Waals surface area contributed by atoms with E-state index in [1.54, 1.807) is 6.07 Å². The lowest BCUT2D eigenvalue weighted by Gasteiger charge is -2.31. The van der Waals surface area contributed by atoms with Crippen molar-refractivity contribution in [1.29, 1.82) is 0 Å². The van der Waals surface area contributed by atoms with E-state index in [9.17, 15) is 9.18 Å². The van der Waals surface area contributed by atoms with Crippen LogP contribution < -0.4 is 5.32 Å². The van der Waals surface area contributed by atoms with Gasteiger partial charge in [0, 0.05) is 24.0 Å². The molecule has 1 aliphatic rings. The van der Waals surface area contributed by atoms with E-state index < -0.39 is 0 Å². The van der Waals surface area contributed by atoms with Crippen molar-refractivity contribution < 1.29 is 13.6 Å². The summed E-state index contributed by atoms with van der Waals surface area (Å²) >= 11 is 0. The van der Waals surface area contributed by atoms with Gasteiger partial charge in [-0.3, -0.25) is 4.79 Å². The van der Waals surface area contributed by atoms with Gasteiger partial charge < -0.3 is 14.6 Å². The zero-order valence-corrected chi connectivity index (χ0v) is 13.7. The molecule has 0 bridgehead atoms. The molecule has 1 saturated heterocycles. The first kappa shape index (κ1) is 16.0. The molecule has 5 heteroatoms. The van der Waals surface area contributed by atoms with E-state index in [2.05, 4.69) is 5.32 Å². The van der Waals surface area contributed by atoms with Crippen LogP contribution in [0.15, 0.2) is 22.6 Å². The maximum Gasteiger partial charge on any atom is 0.289 e. The first-order valence-corrected chi connectivity index (χ1v) is 8.22. The Labute approximate surface area is 135 Å². The zero-order chi connectivity index (χ0) is 16.4. The van der Waals surface area contributed by atoms with Crippen LogP contribution in [0.25, 0.3) is 11.0 Å². The second-order valence-corrected chi connectivity index (χ2v) is 6.32. The monoisotopic (exact) mass is 318 g/mol. The molecule has 1 aromatic carbocycles. The van der Waals surface area contributed by atoms with Crippen molar-refractivity contribution >= 4 is 16.9 Å². The summed E-state index contributed by atoms with van der Waals surface area (Å²) in [5.74, 6) is 0.633. The molecule has 0 radical (unpaired) electrons. The second kappa shape index (κ2) is 6.71. The molecule has 4 nitrogen and oxygen atoms in total. The van der Waals surface area contributed by atoms with Crippen molar-refractivity contribution in [1.82, 2.24) is 10.2 Å². The molecular formula is C18H23FN2O2. The van der Waals surface area contributed by atoms with Gasteiger partial charge in [0.25, 0.3) is 5.91 Å². The van der Waals surface area contributed by atoms with E-state index in [0.717, 1.165) is 44.5 Å². The Morgan fingerprint density at radius 1 is 1.39 bits per heavy atom. The number of carbonyl (C=O) groups is 1. The number of nitrogens with zero attached hydrogens (tertiary/aromatic N) is 1. The van der Waals surface area contributed by atoms with Gasteiger partial charge in [-0.15, -0.1) is 0 Å². The predicted molar refractivity (Wildman–Crippen MR) is 88.1 cm³/mol. The molecular weight excluding hydrogens is 295 g/mol. The van der Waals surface area contributed by atoms with Gasteiger partial charge in [0.15, 0.2) is 5.76 Å². The maximum absolute atomic E-state index is 13.4. The number of furan rings is 1. The predicted octanol–water partition coefficient (Wildman–Crippen LogP) is 3.34. The van der Waals surface area contributed by atoms with Gasteiger partial charge in [-0.1, -0.05) is 0 Å². The van der Waals surface area contributed by atoms with Crippen molar-refractivity contribution in [3.8, 4) is 0 Å². The van der Waals surface area contributed by atoms with Crippen molar-refractivity contribution in [2.45, 2.75) is 26.2 Å². The number of carbonyl (C=O) groups excluding carboxylic acids is 1. The number of nitrogens with one attached hydrogen (secondary N) is 1. The number of likely N-dealkylation sites (tertiary alicyclic amines) is 1. The van der Waals surface area contributed by atoms with E-state index in [0.29, 0.717) is 22.6 Å². The van der Waals surface area contributed by atoms with Crippen molar-refractivity contribution in [2.75, 3.05) is 26.7 Å². The Hall–Kier alpha value is -1.88. The van der Waals surface area contributed by atoms with E-state index >= 15 is 0 Å². The van der Waals surface area contributed by atoms with Crippen LogP contribution in [-0.2, 0) is 0 Å². The minimum atomic E-state index is -0.314. The molecule has 3 rings (SSSR count). The van der Waals surface area contributed by atoms with Gasteiger partial charge in [-0.2, -0.15) is 0 Å². The number of benzene rings is 1. The number of hydrogen-bond acceptors (Lipinski definition) is 3. The average Bonchev–Trinajstić information content (AvgIpc) is 2.89. The summed E-state index contributed by atoms with van der Waals surface area (Å²) in [5.41, 5.74) is 1.29. The summed E-state index contributed by atoms with van der Waals surface area (Å²) in [5, 5.41) is 3.85. The maximum atomic E-state index is 13.4. The minimum Gasteiger partial charge on any atom is -0.451 e. The SMILES string of the molecule is CNCCC1CCN(C(=O)c2oc3ccc(F)cc3c2C)CC1.